The number of carbonyl (C=O) groups excluding carboxylic acids is 1. The van der Waals surface area contributed by atoms with Crippen molar-refractivity contribution in [2.45, 2.75) is 40.5 Å². The highest BCUT2D eigenvalue weighted by molar-refractivity contribution is 5.94. The molecule has 3 aromatic heterocycles. The number of hydrogen-bond donors (Lipinski definition) is 2. The quantitative estimate of drug-likeness (QED) is 0.718. The Kier molecular flexibility index (Phi) is 4.98. The largest absolute Gasteiger partial charge is 0.463 e. The van der Waals surface area contributed by atoms with E-state index in [1.807, 2.05) is 27.7 Å². The summed E-state index contributed by atoms with van der Waals surface area (Å²) in [4.78, 5) is 31.7. The first-order valence-corrected chi connectivity index (χ1v) is 8.84. The number of aryl methyl sites for hydroxylation is 1. The van der Waals surface area contributed by atoms with E-state index in [0.29, 0.717) is 29.4 Å². The summed E-state index contributed by atoms with van der Waals surface area (Å²) in [7, 11) is 0. The lowest BCUT2D eigenvalue weighted by Crippen LogP contribution is -2.29. The first-order valence-electron chi connectivity index (χ1n) is 8.84. The lowest BCUT2D eigenvalue weighted by Gasteiger charge is -2.17. The van der Waals surface area contributed by atoms with Gasteiger partial charge in [-0.1, -0.05) is 34.1 Å². The lowest BCUT2D eigenvalue weighted by atomic mass is 9.96. The SMILES string of the molecule is CCCc1cc(=O)[nH]c(-n2nc(-c3ccco3)cc2NC(=O)C(C)(C)C)n1. The van der Waals surface area contributed by atoms with Crippen molar-refractivity contribution in [3.05, 3.63) is 46.6 Å². The summed E-state index contributed by atoms with van der Waals surface area (Å²) in [5.41, 5.74) is 0.323. The molecule has 27 heavy (non-hydrogen) atoms. The molecule has 0 saturated heterocycles. The van der Waals surface area contributed by atoms with Gasteiger partial charge in [-0.05, 0) is 18.6 Å². The Hall–Kier alpha value is -3.16. The van der Waals surface area contributed by atoms with Gasteiger partial charge in [-0.15, -0.1) is 0 Å². The number of rotatable bonds is 5. The summed E-state index contributed by atoms with van der Waals surface area (Å²) in [5.74, 6) is 1.01. The van der Waals surface area contributed by atoms with Gasteiger partial charge in [0.2, 0.25) is 11.9 Å². The van der Waals surface area contributed by atoms with Crippen LogP contribution in [0.25, 0.3) is 17.4 Å². The zero-order valence-corrected chi connectivity index (χ0v) is 15.9. The molecule has 0 aromatic carbocycles. The summed E-state index contributed by atoms with van der Waals surface area (Å²) in [6.45, 7) is 7.47. The fourth-order valence-corrected chi connectivity index (χ4v) is 2.46. The minimum Gasteiger partial charge on any atom is -0.463 e. The summed E-state index contributed by atoms with van der Waals surface area (Å²) in [6, 6.07) is 6.68. The zero-order chi connectivity index (χ0) is 19.6. The molecule has 2 N–H and O–H groups in total. The normalized spacial score (nSPS) is 11.6. The molecule has 0 saturated carbocycles. The number of furan rings is 1. The molecule has 8 nitrogen and oxygen atoms in total. The molecule has 3 rings (SSSR count). The average Bonchev–Trinajstić information content (AvgIpc) is 3.23. The van der Waals surface area contributed by atoms with Crippen molar-refractivity contribution < 1.29 is 9.21 Å². The Bertz CT molecular complexity index is 993. The van der Waals surface area contributed by atoms with Gasteiger partial charge in [0, 0.05) is 23.2 Å². The summed E-state index contributed by atoms with van der Waals surface area (Å²) < 4.78 is 6.82. The van der Waals surface area contributed by atoms with E-state index in [-0.39, 0.29) is 17.4 Å². The number of anilines is 1. The number of hydrogen-bond acceptors (Lipinski definition) is 5. The van der Waals surface area contributed by atoms with Crippen LogP contribution in [0.5, 0.6) is 0 Å². The van der Waals surface area contributed by atoms with Crippen LogP contribution in [-0.4, -0.2) is 25.7 Å². The second-order valence-corrected chi connectivity index (χ2v) is 7.32. The number of nitrogens with one attached hydrogen (secondary N) is 2. The van der Waals surface area contributed by atoms with Crippen LogP contribution in [0.4, 0.5) is 5.82 Å². The standard InChI is InChI=1S/C19H23N5O3/c1-5-7-12-10-16(25)22-18(20-12)24-15(21-17(26)19(2,3)4)11-13(23-24)14-8-6-9-27-14/h6,8-11H,5,7H2,1-4H3,(H,21,26)(H,20,22,25). The van der Waals surface area contributed by atoms with Gasteiger partial charge < -0.3 is 9.73 Å². The first kappa shape index (κ1) is 18.6. The summed E-state index contributed by atoms with van der Waals surface area (Å²) >= 11 is 0. The first-order chi connectivity index (χ1) is 12.8. The van der Waals surface area contributed by atoms with Crippen LogP contribution in [0.2, 0.25) is 0 Å². The van der Waals surface area contributed by atoms with Crippen LogP contribution in [0.3, 0.4) is 0 Å². The minimum absolute atomic E-state index is 0.179. The van der Waals surface area contributed by atoms with E-state index in [2.05, 4.69) is 20.4 Å². The van der Waals surface area contributed by atoms with E-state index in [1.54, 1.807) is 24.5 Å². The number of carbonyl (C=O) groups is 1. The molecule has 0 fully saturated rings. The van der Waals surface area contributed by atoms with E-state index in [1.165, 1.54) is 10.7 Å². The van der Waals surface area contributed by atoms with Gasteiger partial charge in [0.05, 0.1) is 6.26 Å². The highest BCUT2D eigenvalue weighted by Gasteiger charge is 2.24. The van der Waals surface area contributed by atoms with Gasteiger partial charge >= 0.3 is 0 Å². The second-order valence-electron chi connectivity index (χ2n) is 7.32. The van der Waals surface area contributed by atoms with E-state index in [4.69, 9.17) is 4.42 Å². The molecule has 0 spiro atoms. The van der Waals surface area contributed by atoms with Crippen LogP contribution in [0.1, 0.15) is 39.8 Å². The molecule has 0 aliphatic carbocycles. The Balaban J connectivity index is 2.10. The van der Waals surface area contributed by atoms with Gasteiger partial charge in [-0.25, -0.2) is 4.98 Å². The molecule has 3 aromatic rings. The number of amides is 1. The molecule has 1 amide bonds. The van der Waals surface area contributed by atoms with Crippen molar-refractivity contribution in [3.63, 3.8) is 0 Å². The van der Waals surface area contributed by atoms with Gasteiger partial charge in [0.15, 0.2) is 5.76 Å². The number of nitrogens with zero attached hydrogens (tertiary/aromatic N) is 3. The number of aromatic amines is 1. The topological polar surface area (TPSA) is 106 Å². The van der Waals surface area contributed by atoms with E-state index in [0.717, 1.165) is 6.42 Å². The highest BCUT2D eigenvalue weighted by atomic mass is 16.3. The van der Waals surface area contributed by atoms with Gasteiger partial charge in [0.25, 0.3) is 5.56 Å². The molecule has 0 unspecified atom stereocenters. The lowest BCUT2D eigenvalue weighted by molar-refractivity contribution is -0.123. The van der Waals surface area contributed by atoms with Crippen LogP contribution >= 0.6 is 0 Å². The third-order valence-corrected chi connectivity index (χ3v) is 3.89. The summed E-state index contributed by atoms with van der Waals surface area (Å²) in [6.07, 6.45) is 3.08. The molecule has 142 valence electrons. The number of aromatic nitrogens is 4. The molecule has 8 heteroatoms. The maximum Gasteiger partial charge on any atom is 0.252 e. The maximum absolute atomic E-state index is 12.5. The summed E-state index contributed by atoms with van der Waals surface area (Å²) in [5, 5.41) is 7.34. The maximum atomic E-state index is 12.5. The van der Waals surface area contributed by atoms with E-state index in [9.17, 15) is 9.59 Å². The molecule has 3 heterocycles. The van der Waals surface area contributed by atoms with Crippen molar-refractivity contribution in [3.8, 4) is 17.4 Å². The highest BCUT2D eigenvalue weighted by Crippen LogP contribution is 2.25. The van der Waals surface area contributed by atoms with Crippen molar-refractivity contribution in [2.75, 3.05) is 5.32 Å². The molecule has 0 radical (unpaired) electrons. The van der Waals surface area contributed by atoms with E-state index >= 15 is 0 Å². The third kappa shape index (κ3) is 4.16. The Labute approximate surface area is 156 Å². The molecular weight excluding hydrogens is 346 g/mol. The number of H-pyrrole nitrogens is 1. The Morgan fingerprint density at radius 1 is 1.33 bits per heavy atom. The van der Waals surface area contributed by atoms with Crippen molar-refractivity contribution >= 4 is 11.7 Å². The van der Waals surface area contributed by atoms with E-state index < -0.39 is 5.41 Å². The fraction of sp³-hybridized carbons (Fsp3) is 0.368. The van der Waals surface area contributed by atoms with Crippen molar-refractivity contribution in [1.29, 1.82) is 0 Å². The zero-order valence-electron chi connectivity index (χ0n) is 15.9. The molecule has 0 bridgehead atoms. The Morgan fingerprint density at radius 3 is 2.74 bits per heavy atom. The van der Waals surface area contributed by atoms with Gasteiger partial charge in [0.1, 0.15) is 11.5 Å². The van der Waals surface area contributed by atoms with Crippen molar-refractivity contribution in [2.24, 2.45) is 5.41 Å². The molecule has 0 aliphatic heterocycles. The predicted octanol–water partition coefficient (Wildman–Crippen LogP) is 3.15. The van der Waals surface area contributed by atoms with Crippen molar-refractivity contribution in [1.82, 2.24) is 19.7 Å². The third-order valence-electron chi connectivity index (χ3n) is 3.89. The fourth-order valence-electron chi connectivity index (χ4n) is 2.46. The average molecular weight is 369 g/mol. The molecular formula is C19H23N5O3. The Morgan fingerprint density at radius 2 is 2.11 bits per heavy atom. The van der Waals surface area contributed by atoms with Crippen LogP contribution in [-0.2, 0) is 11.2 Å². The van der Waals surface area contributed by atoms with Gasteiger partial charge in [-0.2, -0.15) is 9.78 Å². The monoisotopic (exact) mass is 369 g/mol. The smallest absolute Gasteiger partial charge is 0.252 e. The van der Waals surface area contributed by atoms with Crippen LogP contribution in [0.15, 0.2) is 39.7 Å². The van der Waals surface area contributed by atoms with Gasteiger partial charge in [-0.3, -0.25) is 14.6 Å². The molecule has 0 aliphatic rings. The van der Waals surface area contributed by atoms with Crippen LogP contribution < -0.4 is 10.9 Å². The predicted molar refractivity (Wildman–Crippen MR) is 102 cm³/mol. The second kappa shape index (κ2) is 7.22. The minimum atomic E-state index is -0.592. The van der Waals surface area contributed by atoms with Crippen LogP contribution in [0, 0.1) is 5.41 Å². The molecule has 0 atom stereocenters.